The van der Waals surface area contributed by atoms with Crippen LogP contribution >= 0.6 is 0 Å². The van der Waals surface area contributed by atoms with E-state index in [9.17, 15) is 13.2 Å². The summed E-state index contributed by atoms with van der Waals surface area (Å²) in [6, 6.07) is 4.74. The van der Waals surface area contributed by atoms with Gasteiger partial charge in [0, 0.05) is 0 Å². The number of hydrogen-bond donors (Lipinski definition) is 1. The second kappa shape index (κ2) is 10.5. The predicted molar refractivity (Wildman–Crippen MR) is 76.1 cm³/mol. The first kappa shape index (κ1) is 18.8. The molecule has 1 fully saturated rings. The zero-order valence-electron chi connectivity index (χ0n) is 12.4. The summed E-state index contributed by atoms with van der Waals surface area (Å²) < 4.78 is 40.8. The second-order valence-corrected chi connectivity index (χ2v) is 4.04. The first-order chi connectivity index (χ1) is 9.54. The lowest BCUT2D eigenvalue weighted by Crippen LogP contribution is -2.21. The molecule has 2 nitrogen and oxygen atoms in total. The maximum Gasteiger partial charge on any atom is 0.416 e. The number of alkyl halides is 3. The van der Waals surface area contributed by atoms with Crippen LogP contribution in [-0.4, -0.2) is 20.2 Å². The van der Waals surface area contributed by atoms with Gasteiger partial charge in [-0.1, -0.05) is 26.3 Å². The smallest absolute Gasteiger partial charge is 0.416 e. The summed E-state index contributed by atoms with van der Waals surface area (Å²) in [6.07, 6.45) is -0.0818. The van der Waals surface area contributed by atoms with Crippen molar-refractivity contribution < 1.29 is 17.9 Å². The lowest BCUT2D eigenvalue weighted by atomic mass is 10.2. The van der Waals surface area contributed by atoms with Crippen molar-refractivity contribution in [2.45, 2.75) is 39.3 Å². The van der Waals surface area contributed by atoms with Gasteiger partial charge in [-0.3, -0.25) is 0 Å². The van der Waals surface area contributed by atoms with Gasteiger partial charge < -0.3 is 10.1 Å². The van der Waals surface area contributed by atoms with Crippen LogP contribution in [0.5, 0.6) is 5.75 Å². The molecular formula is C15H24F3NO. The van der Waals surface area contributed by atoms with Gasteiger partial charge in [0.15, 0.2) is 0 Å². The topological polar surface area (TPSA) is 21.3 Å². The molecule has 0 aliphatic carbocycles. The maximum absolute atomic E-state index is 12.0. The van der Waals surface area contributed by atoms with Gasteiger partial charge in [-0.2, -0.15) is 13.2 Å². The van der Waals surface area contributed by atoms with Crippen LogP contribution in [0.2, 0.25) is 0 Å². The van der Waals surface area contributed by atoms with E-state index in [4.69, 9.17) is 0 Å². The van der Waals surface area contributed by atoms with E-state index in [0.717, 1.165) is 12.1 Å². The van der Waals surface area contributed by atoms with Gasteiger partial charge in [0.1, 0.15) is 5.75 Å². The third-order valence-electron chi connectivity index (χ3n) is 2.60. The first-order valence-corrected chi connectivity index (χ1v) is 6.96. The number of rotatable bonds is 1. The Hall–Kier alpha value is -1.23. The molecule has 5 heteroatoms. The fraction of sp³-hybridized carbons (Fsp3) is 0.600. The van der Waals surface area contributed by atoms with Crippen molar-refractivity contribution in [3.63, 3.8) is 0 Å². The average Bonchev–Trinajstić information content (AvgIpc) is 2.51. The van der Waals surface area contributed by atoms with Crippen LogP contribution in [0.3, 0.4) is 0 Å². The molecule has 1 N–H and O–H groups in total. The zero-order valence-corrected chi connectivity index (χ0v) is 12.4. The first-order valence-electron chi connectivity index (χ1n) is 6.96. The maximum atomic E-state index is 12.0. The Labute approximate surface area is 119 Å². The summed E-state index contributed by atoms with van der Waals surface area (Å²) in [4.78, 5) is 0. The largest absolute Gasteiger partial charge is 0.497 e. The van der Waals surface area contributed by atoms with Crippen LogP contribution in [0.15, 0.2) is 24.3 Å². The summed E-state index contributed by atoms with van der Waals surface area (Å²) in [5.41, 5.74) is -0.693. The fourth-order valence-electron chi connectivity index (χ4n) is 1.60. The molecule has 1 heterocycles. The van der Waals surface area contributed by atoms with Crippen molar-refractivity contribution in [1.29, 1.82) is 0 Å². The van der Waals surface area contributed by atoms with Gasteiger partial charge in [-0.25, -0.2) is 0 Å². The summed E-state index contributed by atoms with van der Waals surface area (Å²) in [5.74, 6) is 0.213. The van der Waals surface area contributed by atoms with E-state index in [1.54, 1.807) is 0 Å². The average molecular weight is 291 g/mol. The Morgan fingerprint density at radius 1 is 1.05 bits per heavy atom. The van der Waals surface area contributed by atoms with Gasteiger partial charge in [0.05, 0.1) is 12.7 Å². The molecule has 0 unspecified atom stereocenters. The van der Waals surface area contributed by atoms with Crippen molar-refractivity contribution in [2.75, 3.05) is 20.2 Å². The minimum Gasteiger partial charge on any atom is -0.497 e. The number of ether oxygens (including phenoxy) is 1. The van der Waals surface area contributed by atoms with Crippen LogP contribution in [0.25, 0.3) is 0 Å². The number of piperidine rings is 1. The highest BCUT2D eigenvalue weighted by molar-refractivity contribution is 5.29. The third-order valence-corrected chi connectivity index (χ3v) is 2.60. The molecule has 1 aliphatic rings. The molecular weight excluding hydrogens is 267 g/mol. The van der Waals surface area contributed by atoms with Crippen LogP contribution in [0.4, 0.5) is 13.2 Å². The highest BCUT2D eigenvalue weighted by Crippen LogP contribution is 2.30. The summed E-state index contributed by atoms with van der Waals surface area (Å²) in [5, 5.41) is 3.28. The molecule has 0 radical (unpaired) electrons. The van der Waals surface area contributed by atoms with Gasteiger partial charge in [0.2, 0.25) is 0 Å². The molecule has 1 saturated heterocycles. The molecule has 1 aliphatic heterocycles. The van der Waals surface area contributed by atoms with Crippen molar-refractivity contribution >= 4 is 0 Å². The summed E-state index contributed by atoms with van der Waals surface area (Å²) in [7, 11) is 1.33. The standard InChI is InChI=1S/C8H7F3O.C5H11N.C2H6/c1-12-7-4-2-3-6(5-7)8(9,10)11;1-2-4-6-5-3-1;1-2/h2-5H,1H3;6H,1-5H2;1-2H3. The molecule has 0 atom stereocenters. The molecule has 0 aromatic heterocycles. The van der Waals surface area contributed by atoms with Crippen molar-refractivity contribution in [1.82, 2.24) is 5.32 Å². The van der Waals surface area contributed by atoms with Crippen LogP contribution < -0.4 is 10.1 Å². The van der Waals surface area contributed by atoms with Gasteiger partial charge in [0.25, 0.3) is 0 Å². The molecule has 1 aromatic rings. The van der Waals surface area contributed by atoms with Crippen molar-refractivity contribution in [3.05, 3.63) is 29.8 Å². The molecule has 0 amide bonds. The quantitative estimate of drug-likeness (QED) is 0.822. The second-order valence-electron chi connectivity index (χ2n) is 4.04. The zero-order chi connectivity index (χ0) is 15.4. The Bertz CT molecular complexity index is 338. The number of hydrogen-bond acceptors (Lipinski definition) is 2. The third kappa shape index (κ3) is 8.04. The fourth-order valence-corrected chi connectivity index (χ4v) is 1.60. The summed E-state index contributed by atoms with van der Waals surface area (Å²) in [6.45, 7) is 6.50. The molecule has 20 heavy (non-hydrogen) atoms. The monoisotopic (exact) mass is 291 g/mol. The van der Waals surface area contributed by atoms with Gasteiger partial charge >= 0.3 is 6.18 Å². The molecule has 0 bridgehead atoms. The van der Waals surface area contributed by atoms with E-state index in [2.05, 4.69) is 10.1 Å². The van der Waals surface area contributed by atoms with E-state index in [1.807, 2.05) is 13.8 Å². The van der Waals surface area contributed by atoms with E-state index in [-0.39, 0.29) is 5.75 Å². The number of methoxy groups -OCH3 is 1. The lowest BCUT2D eigenvalue weighted by molar-refractivity contribution is -0.137. The molecule has 0 saturated carbocycles. The Balaban J connectivity index is 0.000000377. The Kier molecular flexibility index (Phi) is 9.90. The van der Waals surface area contributed by atoms with Gasteiger partial charge in [-0.05, 0) is 44.1 Å². The van der Waals surface area contributed by atoms with Crippen molar-refractivity contribution in [3.8, 4) is 5.75 Å². The van der Waals surface area contributed by atoms with Crippen LogP contribution in [0.1, 0.15) is 38.7 Å². The van der Waals surface area contributed by atoms with Crippen molar-refractivity contribution in [2.24, 2.45) is 0 Å². The lowest BCUT2D eigenvalue weighted by Gasteiger charge is -2.08. The minimum atomic E-state index is -4.30. The highest BCUT2D eigenvalue weighted by atomic mass is 19.4. The van der Waals surface area contributed by atoms with E-state index >= 15 is 0 Å². The molecule has 1 aromatic carbocycles. The van der Waals surface area contributed by atoms with E-state index in [0.29, 0.717) is 0 Å². The number of benzene rings is 1. The van der Waals surface area contributed by atoms with Crippen LogP contribution in [0, 0.1) is 0 Å². The Morgan fingerprint density at radius 2 is 1.65 bits per heavy atom. The number of halogens is 3. The summed E-state index contributed by atoms with van der Waals surface area (Å²) >= 11 is 0. The molecule has 116 valence electrons. The highest BCUT2D eigenvalue weighted by Gasteiger charge is 2.30. The normalized spacial score (nSPS) is 14.3. The SMILES string of the molecule is C1CCNCC1.CC.COc1cccc(C(F)(F)F)c1. The molecule has 0 spiro atoms. The van der Waals surface area contributed by atoms with E-state index in [1.165, 1.54) is 51.6 Å². The number of nitrogens with one attached hydrogen (secondary N) is 1. The molecule has 2 rings (SSSR count). The Morgan fingerprint density at radius 3 is 2.00 bits per heavy atom. The van der Waals surface area contributed by atoms with E-state index < -0.39 is 11.7 Å². The minimum absolute atomic E-state index is 0.213. The van der Waals surface area contributed by atoms with Gasteiger partial charge in [-0.15, -0.1) is 0 Å². The van der Waals surface area contributed by atoms with Crippen LogP contribution in [-0.2, 0) is 6.18 Å². The predicted octanol–water partition coefficient (Wildman–Crippen LogP) is 4.50.